The average Bonchev–Trinajstić information content (AvgIpc) is 3.23. The van der Waals surface area contributed by atoms with E-state index in [1.807, 2.05) is 35.2 Å². The molecule has 0 fully saturated rings. The van der Waals surface area contributed by atoms with Gasteiger partial charge in [-0.1, -0.05) is 30.3 Å². The van der Waals surface area contributed by atoms with E-state index in [0.717, 1.165) is 5.56 Å². The van der Waals surface area contributed by atoms with Gasteiger partial charge in [0.05, 0.1) is 12.8 Å². The number of nitrogens with zero attached hydrogens (tertiary/aromatic N) is 3. The third-order valence-electron chi connectivity index (χ3n) is 3.66. The maximum absolute atomic E-state index is 12.5. The molecule has 2 aliphatic rings. The molecule has 3 heterocycles. The summed E-state index contributed by atoms with van der Waals surface area (Å²) >= 11 is 0. The van der Waals surface area contributed by atoms with Crippen molar-refractivity contribution in [2.24, 2.45) is 10.7 Å². The van der Waals surface area contributed by atoms with Crippen molar-refractivity contribution in [3.8, 4) is 0 Å². The molecule has 0 aliphatic carbocycles. The molecule has 4 rings (SSSR count). The van der Waals surface area contributed by atoms with Gasteiger partial charge in [-0.25, -0.2) is 9.89 Å². The third-order valence-corrected chi connectivity index (χ3v) is 3.66. The molecule has 1 amide bonds. The number of amides is 1. The zero-order chi connectivity index (χ0) is 15.8. The lowest BCUT2D eigenvalue weighted by Gasteiger charge is -2.17. The zero-order valence-corrected chi connectivity index (χ0v) is 12.2. The first-order valence-corrected chi connectivity index (χ1v) is 7.18. The van der Waals surface area contributed by atoms with Crippen molar-refractivity contribution in [1.29, 1.82) is 0 Å². The van der Waals surface area contributed by atoms with Crippen molar-refractivity contribution in [2.75, 3.05) is 0 Å². The minimum Gasteiger partial charge on any atom is -0.465 e. The van der Waals surface area contributed by atoms with Crippen LogP contribution in [0.25, 0.3) is 6.08 Å². The third kappa shape index (κ3) is 2.30. The number of carbonyl (C=O) groups excluding carboxylic acids is 1. The molecule has 0 bridgehead atoms. The van der Waals surface area contributed by atoms with Crippen LogP contribution < -0.4 is 5.73 Å². The first-order valence-electron chi connectivity index (χ1n) is 7.18. The van der Waals surface area contributed by atoms with E-state index < -0.39 is 0 Å². The Hall–Kier alpha value is -3.28. The number of guanidine groups is 1. The van der Waals surface area contributed by atoms with Gasteiger partial charge >= 0.3 is 0 Å². The lowest BCUT2D eigenvalue weighted by Crippen LogP contribution is -2.35. The van der Waals surface area contributed by atoms with Gasteiger partial charge in [0.15, 0.2) is 0 Å². The summed E-state index contributed by atoms with van der Waals surface area (Å²) in [6, 6.07) is 13.5. The minimum absolute atomic E-state index is 0.249. The van der Waals surface area contributed by atoms with Crippen molar-refractivity contribution >= 4 is 17.9 Å². The van der Waals surface area contributed by atoms with Crippen LogP contribution in [0, 0.1) is 0 Å². The Morgan fingerprint density at radius 2 is 2.00 bits per heavy atom. The standard InChI is InChI=1S/C17H14N4O2/c18-15-11-20(10-12-5-2-1-3-6-12)17-19-14(16(22)21(15)17)9-13-7-4-8-23-13/h1-9,11H,10,18H2/b14-9-. The molecule has 114 valence electrons. The Bertz CT molecular complexity index is 835. The monoisotopic (exact) mass is 306 g/mol. The highest BCUT2D eigenvalue weighted by atomic mass is 16.3. The van der Waals surface area contributed by atoms with Crippen molar-refractivity contribution in [2.45, 2.75) is 6.54 Å². The second-order valence-electron chi connectivity index (χ2n) is 5.26. The molecule has 1 aromatic heterocycles. The highest BCUT2D eigenvalue weighted by Crippen LogP contribution is 2.28. The van der Waals surface area contributed by atoms with E-state index in [0.29, 0.717) is 29.8 Å². The SMILES string of the molecule is NC1=CN(Cc2ccccc2)C2=N/C(=C\c3ccco3)C(=O)N12. The molecule has 6 heteroatoms. The first-order chi connectivity index (χ1) is 11.2. The van der Waals surface area contributed by atoms with Crippen LogP contribution in [-0.4, -0.2) is 21.7 Å². The van der Waals surface area contributed by atoms with Crippen LogP contribution in [-0.2, 0) is 11.3 Å². The lowest BCUT2D eigenvalue weighted by atomic mass is 10.2. The summed E-state index contributed by atoms with van der Waals surface area (Å²) in [7, 11) is 0. The summed E-state index contributed by atoms with van der Waals surface area (Å²) in [5.74, 6) is 1.22. The van der Waals surface area contributed by atoms with Crippen LogP contribution >= 0.6 is 0 Å². The molecule has 0 unspecified atom stereocenters. The smallest absolute Gasteiger partial charge is 0.285 e. The summed E-state index contributed by atoms with van der Waals surface area (Å²) in [6.45, 7) is 0.595. The fourth-order valence-electron chi connectivity index (χ4n) is 2.61. The molecular weight excluding hydrogens is 292 g/mol. The van der Waals surface area contributed by atoms with Crippen LogP contribution in [0.2, 0.25) is 0 Å². The van der Waals surface area contributed by atoms with E-state index in [9.17, 15) is 4.79 Å². The van der Waals surface area contributed by atoms with Crippen LogP contribution in [0.3, 0.4) is 0 Å². The number of nitrogens with two attached hydrogens (primary N) is 1. The number of rotatable bonds is 3. The number of hydrogen-bond acceptors (Lipinski definition) is 5. The first kappa shape index (κ1) is 13.4. The normalized spacial score (nSPS) is 18.4. The van der Waals surface area contributed by atoms with Crippen molar-refractivity contribution in [1.82, 2.24) is 9.80 Å². The number of hydrogen-bond donors (Lipinski definition) is 1. The maximum atomic E-state index is 12.5. The summed E-state index contributed by atoms with van der Waals surface area (Å²) in [5.41, 5.74) is 7.40. The number of fused-ring (bicyclic) bond motifs is 1. The van der Waals surface area contributed by atoms with Gasteiger partial charge in [0.1, 0.15) is 17.3 Å². The van der Waals surface area contributed by atoms with Gasteiger partial charge in [0.25, 0.3) is 5.91 Å². The fourth-order valence-corrected chi connectivity index (χ4v) is 2.61. The highest BCUT2D eigenvalue weighted by Gasteiger charge is 2.39. The zero-order valence-electron chi connectivity index (χ0n) is 12.2. The van der Waals surface area contributed by atoms with Crippen molar-refractivity contribution < 1.29 is 9.21 Å². The number of benzene rings is 1. The highest BCUT2D eigenvalue weighted by molar-refractivity contribution is 6.16. The van der Waals surface area contributed by atoms with Crippen LogP contribution in [0.4, 0.5) is 0 Å². The van der Waals surface area contributed by atoms with E-state index in [4.69, 9.17) is 10.2 Å². The van der Waals surface area contributed by atoms with E-state index >= 15 is 0 Å². The maximum Gasteiger partial charge on any atom is 0.285 e. The number of furan rings is 1. The van der Waals surface area contributed by atoms with Gasteiger partial charge < -0.3 is 15.1 Å². The largest absolute Gasteiger partial charge is 0.465 e. The van der Waals surface area contributed by atoms with Gasteiger partial charge in [0.2, 0.25) is 5.96 Å². The molecule has 0 saturated heterocycles. The molecule has 2 N–H and O–H groups in total. The molecule has 0 saturated carbocycles. The Morgan fingerprint density at radius 1 is 1.17 bits per heavy atom. The van der Waals surface area contributed by atoms with Gasteiger partial charge in [0, 0.05) is 12.3 Å². The van der Waals surface area contributed by atoms with Gasteiger partial charge in [-0.3, -0.25) is 4.79 Å². The van der Waals surface area contributed by atoms with E-state index in [1.165, 1.54) is 4.90 Å². The molecule has 1 aromatic carbocycles. The second-order valence-corrected chi connectivity index (χ2v) is 5.26. The minimum atomic E-state index is -0.249. The Kier molecular flexibility index (Phi) is 3.01. The predicted molar refractivity (Wildman–Crippen MR) is 85.2 cm³/mol. The van der Waals surface area contributed by atoms with Gasteiger partial charge in [-0.15, -0.1) is 0 Å². The number of aliphatic imine (C=N–C) groups is 1. The van der Waals surface area contributed by atoms with E-state index in [-0.39, 0.29) is 5.91 Å². The lowest BCUT2D eigenvalue weighted by molar-refractivity contribution is -0.121. The summed E-state index contributed by atoms with van der Waals surface area (Å²) in [5, 5.41) is 0. The molecule has 6 nitrogen and oxygen atoms in total. The van der Waals surface area contributed by atoms with Crippen LogP contribution in [0.15, 0.2) is 75.9 Å². The fraction of sp³-hybridized carbons (Fsp3) is 0.0588. The molecular formula is C17H14N4O2. The Balaban J connectivity index is 1.65. The predicted octanol–water partition coefficient (Wildman–Crippen LogP) is 2.09. The van der Waals surface area contributed by atoms with Crippen LogP contribution in [0.5, 0.6) is 0 Å². The molecule has 0 radical (unpaired) electrons. The summed E-state index contributed by atoms with van der Waals surface area (Å²) < 4.78 is 5.24. The van der Waals surface area contributed by atoms with Crippen molar-refractivity contribution in [3.63, 3.8) is 0 Å². The molecule has 2 aromatic rings. The molecule has 0 atom stereocenters. The van der Waals surface area contributed by atoms with Crippen LogP contribution in [0.1, 0.15) is 11.3 Å². The Labute approximate surface area is 132 Å². The molecule has 0 spiro atoms. The topological polar surface area (TPSA) is 75.1 Å². The molecule has 23 heavy (non-hydrogen) atoms. The Morgan fingerprint density at radius 3 is 2.74 bits per heavy atom. The second kappa shape index (κ2) is 5.17. The quantitative estimate of drug-likeness (QED) is 0.881. The summed E-state index contributed by atoms with van der Waals surface area (Å²) in [6.07, 6.45) is 4.89. The number of carbonyl (C=O) groups is 1. The van der Waals surface area contributed by atoms with Gasteiger partial charge in [-0.05, 0) is 17.7 Å². The van der Waals surface area contributed by atoms with Crippen molar-refractivity contribution in [3.05, 3.63) is 77.8 Å². The average molecular weight is 306 g/mol. The summed E-state index contributed by atoms with van der Waals surface area (Å²) in [4.78, 5) is 20.2. The van der Waals surface area contributed by atoms with E-state index in [1.54, 1.807) is 30.7 Å². The van der Waals surface area contributed by atoms with E-state index in [2.05, 4.69) is 4.99 Å². The van der Waals surface area contributed by atoms with Gasteiger partial charge in [-0.2, -0.15) is 0 Å². The molecule has 2 aliphatic heterocycles.